The molecular formula is C21H25N3O3S. The van der Waals surface area contributed by atoms with Crippen molar-refractivity contribution in [3.8, 4) is 0 Å². The minimum atomic E-state index is -1.58. The van der Waals surface area contributed by atoms with E-state index < -0.39 is 11.9 Å². The highest BCUT2D eigenvalue weighted by Gasteiger charge is 2.55. The van der Waals surface area contributed by atoms with Crippen LogP contribution in [0.4, 0.5) is 0 Å². The first-order valence-electron chi connectivity index (χ1n) is 9.51. The average molecular weight is 400 g/mol. The van der Waals surface area contributed by atoms with Gasteiger partial charge >= 0.3 is 0 Å². The molecule has 1 fully saturated rings. The predicted octanol–water partition coefficient (Wildman–Crippen LogP) is 3.63. The van der Waals surface area contributed by atoms with Crippen molar-refractivity contribution in [3.05, 3.63) is 60.0 Å². The Bertz CT molecular complexity index is 948. The fourth-order valence-corrected chi connectivity index (χ4v) is 4.50. The van der Waals surface area contributed by atoms with Crippen LogP contribution in [0.2, 0.25) is 0 Å². The molecule has 7 heteroatoms. The van der Waals surface area contributed by atoms with Gasteiger partial charge in [0.2, 0.25) is 5.79 Å². The Morgan fingerprint density at radius 3 is 2.75 bits per heavy atom. The molecule has 1 aliphatic rings. The molecule has 0 spiro atoms. The highest BCUT2D eigenvalue weighted by molar-refractivity contribution is 7.98. The maximum absolute atomic E-state index is 11.7. The van der Waals surface area contributed by atoms with Crippen LogP contribution in [0.1, 0.15) is 31.5 Å². The van der Waals surface area contributed by atoms with Crippen molar-refractivity contribution in [1.29, 1.82) is 0 Å². The first-order chi connectivity index (χ1) is 13.6. The number of benzene rings is 1. The lowest BCUT2D eigenvalue weighted by atomic mass is 9.93. The van der Waals surface area contributed by atoms with Crippen LogP contribution in [-0.2, 0) is 21.9 Å². The molecule has 1 N–H and O–H groups in total. The molecule has 0 bridgehead atoms. The van der Waals surface area contributed by atoms with Gasteiger partial charge in [0, 0.05) is 5.92 Å². The van der Waals surface area contributed by atoms with Gasteiger partial charge in [-0.15, -0.1) is 11.8 Å². The number of ether oxygens (including phenoxy) is 2. The third-order valence-corrected chi connectivity index (χ3v) is 6.13. The second kappa shape index (κ2) is 7.83. The van der Waals surface area contributed by atoms with E-state index in [9.17, 15) is 5.11 Å². The molecule has 148 valence electrons. The summed E-state index contributed by atoms with van der Waals surface area (Å²) in [5, 5.41) is 16.9. The van der Waals surface area contributed by atoms with Crippen LogP contribution >= 0.6 is 11.8 Å². The fraction of sp³-hybridized carbons (Fsp3) is 0.429. The van der Waals surface area contributed by atoms with E-state index in [0.717, 1.165) is 22.5 Å². The maximum atomic E-state index is 11.7. The minimum Gasteiger partial charge on any atom is -0.367 e. The van der Waals surface area contributed by atoms with Gasteiger partial charge in [0.15, 0.2) is 0 Å². The number of hydrogen-bond donors (Lipinski definition) is 1. The number of aromatic nitrogens is 3. The van der Waals surface area contributed by atoms with Crippen LogP contribution in [-0.4, -0.2) is 38.2 Å². The second-order valence-corrected chi connectivity index (χ2v) is 7.92. The molecule has 0 saturated carbocycles. The zero-order valence-corrected chi connectivity index (χ0v) is 17.1. The van der Waals surface area contributed by atoms with Crippen molar-refractivity contribution in [2.75, 3.05) is 6.26 Å². The largest absolute Gasteiger partial charge is 0.367 e. The molecule has 1 aromatic carbocycles. The molecule has 0 radical (unpaired) electrons. The molecule has 4 rings (SSSR count). The quantitative estimate of drug-likeness (QED) is 0.639. The Morgan fingerprint density at radius 2 is 2.04 bits per heavy atom. The van der Waals surface area contributed by atoms with E-state index in [2.05, 4.69) is 23.9 Å². The highest BCUT2D eigenvalue weighted by atomic mass is 32.2. The van der Waals surface area contributed by atoms with Crippen molar-refractivity contribution in [2.45, 2.75) is 49.9 Å². The minimum absolute atomic E-state index is 0.0334. The summed E-state index contributed by atoms with van der Waals surface area (Å²) < 4.78 is 14.1. The van der Waals surface area contributed by atoms with Crippen molar-refractivity contribution in [1.82, 2.24) is 14.6 Å². The van der Waals surface area contributed by atoms with Crippen molar-refractivity contribution in [3.63, 3.8) is 0 Å². The lowest BCUT2D eigenvalue weighted by molar-refractivity contribution is -0.251. The molecule has 0 aliphatic carbocycles. The summed E-state index contributed by atoms with van der Waals surface area (Å²) in [5.41, 5.74) is 2.47. The van der Waals surface area contributed by atoms with E-state index in [4.69, 9.17) is 9.47 Å². The first-order valence-corrected chi connectivity index (χ1v) is 10.7. The van der Waals surface area contributed by atoms with Gasteiger partial charge in [0.25, 0.3) is 0 Å². The lowest BCUT2D eigenvalue weighted by Gasteiger charge is -2.29. The Morgan fingerprint density at radius 1 is 1.25 bits per heavy atom. The maximum Gasteiger partial charge on any atom is 0.237 e. The lowest BCUT2D eigenvalue weighted by Crippen LogP contribution is -2.41. The smallest absolute Gasteiger partial charge is 0.237 e. The van der Waals surface area contributed by atoms with E-state index in [0.29, 0.717) is 12.3 Å². The number of rotatable bonds is 6. The molecular weight excluding hydrogens is 374 g/mol. The molecule has 2 unspecified atom stereocenters. The summed E-state index contributed by atoms with van der Waals surface area (Å²) in [7, 11) is 0. The van der Waals surface area contributed by atoms with Crippen LogP contribution in [0.3, 0.4) is 0 Å². The second-order valence-electron chi connectivity index (χ2n) is 7.12. The average Bonchev–Trinajstić information content (AvgIpc) is 3.27. The van der Waals surface area contributed by atoms with Gasteiger partial charge in [-0.05, 0) is 30.4 Å². The summed E-state index contributed by atoms with van der Waals surface area (Å²) in [5.74, 6) is -1.54. The highest BCUT2D eigenvalue weighted by Crippen LogP contribution is 2.44. The van der Waals surface area contributed by atoms with Gasteiger partial charge in [-0.25, -0.2) is 9.50 Å². The summed E-state index contributed by atoms with van der Waals surface area (Å²) in [6, 6.07) is 13.7. The zero-order valence-electron chi connectivity index (χ0n) is 16.3. The number of aliphatic hydroxyl groups is 1. The number of nitrogens with zero attached hydrogens (tertiary/aromatic N) is 3. The number of hydrogen-bond acceptors (Lipinski definition) is 6. The molecule has 3 heterocycles. The topological polar surface area (TPSA) is 68.9 Å². The summed E-state index contributed by atoms with van der Waals surface area (Å²) in [4.78, 5) is 4.31. The molecule has 0 amide bonds. The molecule has 1 aliphatic heterocycles. The monoisotopic (exact) mass is 399 g/mol. The summed E-state index contributed by atoms with van der Waals surface area (Å²) in [6.45, 7) is 4.54. The SMILES string of the molecule is CC[C@H]1OC(O)(c2ccc3c(SC)ncnn23)C(OCc2ccccc2)[C@@H]1C. The summed E-state index contributed by atoms with van der Waals surface area (Å²) >= 11 is 1.54. The van der Waals surface area contributed by atoms with Crippen molar-refractivity contribution >= 4 is 17.3 Å². The molecule has 3 aromatic rings. The normalized spacial score (nSPS) is 27.5. The standard InChI is InChI=1S/C21H25N3O3S/c1-4-17-14(2)19(26-12-15-8-6-5-7-9-15)21(25,27-17)18-11-10-16-20(28-3)22-13-23-24(16)18/h5-11,13-14,17,19,25H,4,12H2,1-3H3/t14-,17-,19?,21?/m1/s1. The third kappa shape index (κ3) is 3.22. The molecule has 28 heavy (non-hydrogen) atoms. The van der Waals surface area contributed by atoms with Crippen LogP contribution in [0.15, 0.2) is 53.8 Å². The number of fused-ring (bicyclic) bond motifs is 1. The van der Waals surface area contributed by atoms with Gasteiger partial charge in [-0.3, -0.25) is 0 Å². The van der Waals surface area contributed by atoms with Gasteiger partial charge in [-0.1, -0.05) is 44.2 Å². The van der Waals surface area contributed by atoms with E-state index in [1.165, 1.54) is 6.33 Å². The first kappa shape index (κ1) is 19.4. The Balaban J connectivity index is 1.72. The predicted molar refractivity (Wildman–Crippen MR) is 108 cm³/mol. The van der Waals surface area contributed by atoms with Crippen LogP contribution < -0.4 is 0 Å². The van der Waals surface area contributed by atoms with E-state index in [-0.39, 0.29) is 12.0 Å². The summed E-state index contributed by atoms with van der Waals surface area (Å²) in [6.07, 6.45) is 3.66. The molecule has 4 atom stereocenters. The van der Waals surface area contributed by atoms with Gasteiger partial charge in [0.1, 0.15) is 23.2 Å². The molecule has 1 saturated heterocycles. The zero-order chi connectivity index (χ0) is 19.7. The molecule has 6 nitrogen and oxygen atoms in total. The van der Waals surface area contributed by atoms with Crippen LogP contribution in [0.5, 0.6) is 0 Å². The Labute approximate surface area is 168 Å². The van der Waals surface area contributed by atoms with Crippen LogP contribution in [0, 0.1) is 5.92 Å². The van der Waals surface area contributed by atoms with E-state index in [1.807, 2.05) is 48.7 Å². The Hall–Kier alpha value is -1.93. The number of thioether (sulfide) groups is 1. The third-order valence-electron chi connectivity index (χ3n) is 5.43. The van der Waals surface area contributed by atoms with E-state index >= 15 is 0 Å². The van der Waals surface area contributed by atoms with Gasteiger partial charge in [-0.2, -0.15) is 5.10 Å². The van der Waals surface area contributed by atoms with E-state index in [1.54, 1.807) is 16.3 Å². The molecule has 2 aromatic heterocycles. The van der Waals surface area contributed by atoms with Gasteiger partial charge < -0.3 is 14.6 Å². The van der Waals surface area contributed by atoms with Crippen molar-refractivity contribution in [2.24, 2.45) is 5.92 Å². The fourth-order valence-electron chi connectivity index (χ4n) is 3.98. The van der Waals surface area contributed by atoms with Crippen LogP contribution in [0.25, 0.3) is 5.52 Å². The Kier molecular flexibility index (Phi) is 5.42. The van der Waals surface area contributed by atoms with Crippen molar-refractivity contribution < 1.29 is 14.6 Å². The van der Waals surface area contributed by atoms with Gasteiger partial charge in [0.05, 0.1) is 18.2 Å².